The average Bonchev–Trinajstić information content (AvgIpc) is 2.11. The van der Waals surface area contributed by atoms with Gasteiger partial charge < -0.3 is 21.3 Å². The van der Waals surface area contributed by atoms with Gasteiger partial charge in [0.2, 0.25) is 0 Å². The molecular formula is C9H17N2O3P. The van der Waals surface area contributed by atoms with Crippen LogP contribution in [0.15, 0.2) is 6.07 Å². The van der Waals surface area contributed by atoms with E-state index in [-0.39, 0.29) is 0 Å². The summed E-state index contributed by atoms with van der Waals surface area (Å²) in [5.74, 6) is 0. The Hall–Kier alpha value is -1.03. The second-order valence-electron chi connectivity index (χ2n) is 3.25. The highest BCUT2D eigenvalue weighted by Gasteiger charge is 2.03. The lowest BCUT2D eigenvalue weighted by Crippen LogP contribution is -2.00. The lowest BCUT2D eigenvalue weighted by atomic mass is 10.0. The van der Waals surface area contributed by atoms with Gasteiger partial charge in [-0.3, -0.25) is 4.57 Å². The minimum absolute atomic E-state index is 0.813. The van der Waals surface area contributed by atoms with Crippen molar-refractivity contribution in [1.82, 2.24) is 0 Å². The molecule has 0 amide bonds. The molecule has 0 fully saturated rings. The van der Waals surface area contributed by atoms with Crippen LogP contribution in [0.4, 0.5) is 11.4 Å². The second kappa shape index (κ2) is 5.75. The van der Waals surface area contributed by atoms with E-state index in [0.29, 0.717) is 0 Å². The van der Waals surface area contributed by atoms with Crippen molar-refractivity contribution in [3.8, 4) is 0 Å². The molecule has 0 aliphatic carbocycles. The first kappa shape index (κ1) is 14.0. The summed E-state index contributed by atoms with van der Waals surface area (Å²) >= 11 is 0. The number of hydrogen-bond acceptors (Lipinski definition) is 3. The summed E-state index contributed by atoms with van der Waals surface area (Å²) in [6, 6.07) is 2.01. The molecule has 1 aromatic carbocycles. The first-order chi connectivity index (χ1) is 6.77. The van der Waals surface area contributed by atoms with Gasteiger partial charge in [0.05, 0.1) is 0 Å². The summed E-state index contributed by atoms with van der Waals surface area (Å²) < 4.78 is 8.74. The zero-order chi connectivity index (χ0) is 12.2. The molecule has 1 rings (SSSR count). The van der Waals surface area contributed by atoms with Crippen LogP contribution in [0.3, 0.4) is 0 Å². The number of nitrogens with two attached hydrogens (primary N) is 2. The summed E-state index contributed by atoms with van der Waals surface area (Å²) in [7, 11) is -3.13. The van der Waals surface area contributed by atoms with E-state index in [0.717, 1.165) is 28.1 Å². The van der Waals surface area contributed by atoms with Crippen molar-refractivity contribution in [1.29, 1.82) is 0 Å². The number of benzene rings is 1. The Labute approximate surface area is 89.7 Å². The highest BCUT2D eigenvalue weighted by molar-refractivity contribution is 7.30. The highest BCUT2D eigenvalue weighted by atomic mass is 31.1. The van der Waals surface area contributed by atoms with E-state index >= 15 is 0 Å². The topological polar surface area (TPSA) is 110 Å². The maximum absolute atomic E-state index is 8.74. The van der Waals surface area contributed by atoms with Crippen molar-refractivity contribution in [3.05, 3.63) is 22.8 Å². The Kier molecular flexibility index (Phi) is 5.36. The van der Waals surface area contributed by atoms with Crippen LogP contribution >= 0.6 is 8.25 Å². The van der Waals surface area contributed by atoms with Gasteiger partial charge in [0.15, 0.2) is 0 Å². The Morgan fingerprint density at radius 1 is 1.07 bits per heavy atom. The molecule has 0 aliphatic rings. The van der Waals surface area contributed by atoms with Gasteiger partial charge in [-0.1, -0.05) is 6.07 Å². The molecule has 0 heterocycles. The van der Waals surface area contributed by atoms with Crippen LogP contribution in [0.2, 0.25) is 0 Å². The zero-order valence-corrected chi connectivity index (χ0v) is 10.0. The van der Waals surface area contributed by atoms with Crippen LogP contribution in [-0.2, 0) is 4.57 Å². The van der Waals surface area contributed by atoms with E-state index in [1.165, 1.54) is 0 Å². The maximum Gasteiger partial charge on any atom is 0.314 e. The molecule has 0 saturated carbocycles. The highest BCUT2D eigenvalue weighted by Crippen LogP contribution is 2.25. The van der Waals surface area contributed by atoms with Crippen LogP contribution in [-0.4, -0.2) is 9.79 Å². The van der Waals surface area contributed by atoms with E-state index in [1.54, 1.807) is 0 Å². The van der Waals surface area contributed by atoms with Crippen molar-refractivity contribution in [2.24, 2.45) is 0 Å². The molecule has 5 nitrogen and oxygen atoms in total. The zero-order valence-electron chi connectivity index (χ0n) is 9.03. The molecule has 0 saturated heterocycles. The van der Waals surface area contributed by atoms with Gasteiger partial charge in [0.1, 0.15) is 0 Å². The third-order valence-corrected chi connectivity index (χ3v) is 2.09. The monoisotopic (exact) mass is 232 g/mol. The first-order valence-electron chi connectivity index (χ1n) is 4.31. The molecular weight excluding hydrogens is 215 g/mol. The minimum Gasteiger partial charge on any atom is -0.398 e. The predicted molar refractivity (Wildman–Crippen MR) is 62.9 cm³/mol. The van der Waals surface area contributed by atoms with Crippen LogP contribution in [0, 0.1) is 20.8 Å². The third kappa shape index (κ3) is 4.34. The molecule has 86 valence electrons. The average molecular weight is 232 g/mol. The Bertz CT molecular complexity index is 350. The fourth-order valence-electron chi connectivity index (χ4n) is 1.22. The minimum atomic E-state index is -3.13. The third-order valence-electron chi connectivity index (χ3n) is 2.09. The van der Waals surface area contributed by atoms with Gasteiger partial charge in [0, 0.05) is 11.4 Å². The van der Waals surface area contributed by atoms with E-state index in [4.69, 9.17) is 25.8 Å². The quantitative estimate of drug-likeness (QED) is 0.396. The van der Waals surface area contributed by atoms with E-state index in [9.17, 15) is 0 Å². The van der Waals surface area contributed by atoms with Crippen LogP contribution < -0.4 is 11.5 Å². The van der Waals surface area contributed by atoms with Gasteiger partial charge in [-0.15, -0.1) is 0 Å². The smallest absolute Gasteiger partial charge is 0.314 e. The molecule has 6 heteroatoms. The predicted octanol–water partition coefficient (Wildman–Crippen LogP) is 1.14. The van der Waals surface area contributed by atoms with Crippen LogP contribution in [0.25, 0.3) is 0 Å². The molecule has 0 aliphatic heterocycles. The standard InChI is InChI=1S/C9H14N2.H3O3P/c1-5-4-6(2)9(11)7(3)8(5)10;1-4(2)3/h4H,10-11H2,1-3H3;4H,(H2,1,2,3). The van der Waals surface area contributed by atoms with Crippen molar-refractivity contribution in [2.75, 3.05) is 11.5 Å². The Balaban J connectivity index is 0.000000423. The lowest BCUT2D eigenvalue weighted by Gasteiger charge is -2.09. The number of hydrogen-bond donors (Lipinski definition) is 4. The molecule has 15 heavy (non-hydrogen) atoms. The molecule has 0 radical (unpaired) electrons. The van der Waals surface area contributed by atoms with Gasteiger partial charge >= 0.3 is 8.25 Å². The van der Waals surface area contributed by atoms with Crippen molar-refractivity contribution < 1.29 is 14.4 Å². The van der Waals surface area contributed by atoms with Gasteiger partial charge in [0.25, 0.3) is 0 Å². The van der Waals surface area contributed by atoms with Crippen LogP contribution in [0.5, 0.6) is 0 Å². The molecule has 0 atom stereocenters. The molecule has 0 aromatic heterocycles. The van der Waals surface area contributed by atoms with Gasteiger partial charge in [-0.05, 0) is 37.5 Å². The molecule has 0 unspecified atom stereocenters. The van der Waals surface area contributed by atoms with Crippen LogP contribution in [0.1, 0.15) is 16.7 Å². The number of nitrogen functional groups attached to an aromatic ring is 2. The van der Waals surface area contributed by atoms with E-state index in [2.05, 4.69) is 0 Å². The summed E-state index contributed by atoms with van der Waals surface area (Å²) in [4.78, 5) is 14.3. The molecule has 0 bridgehead atoms. The van der Waals surface area contributed by atoms with Crippen molar-refractivity contribution in [2.45, 2.75) is 20.8 Å². The number of rotatable bonds is 0. The first-order valence-corrected chi connectivity index (χ1v) is 5.61. The molecule has 6 N–H and O–H groups in total. The van der Waals surface area contributed by atoms with Gasteiger partial charge in [-0.25, -0.2) is 0 Å². The normalized spacial score (nSPS) is 9.73. The molecule has 1 aromatic rings. The number of anilines is 2. The second-order valence-corrected chi connectivity index (χ2v) is 3.81. The largest absolute Gasteiger partial charge is 0.398 e. The summed E-state index contributed by atoms with van der Waals surface area (Å²) in [6.07, 6.45) is 0. The lowest BCUT2D eigenvalue weighted by molar-refractivity contribution is 0.405. The van der Waals surface area contributed by atoms with Gasteiger partial charge in [-0.2, -0.15) is 0 Å². The maximum atomic E-state index is 8.74. The fraction of sp³-hybridized carbons (Fsp3) is 0.333. The van der Waals surface area contributed by atoms with E-state index in [1.807, 2.05) is 26.8 Å². The summed E-state index contributed by atoms with van der Waals surface area (Å²) in [6.45, 7) is 5.94. The Morgan fingerprint density at radius 3 is 1.60 bits per heavy atom. The molecule has 0 spiro atoms. The number of aryl methyl sites for hydroxylation is 2. The summed E-state index contributed by atoms with van der Waals surface area (Å²) in [5.41, 5.74) is 16.4. The van der Waals surface area contributed by atoms with E-state index < -0.39 is 8.25 Å². The fourth-order valence-corrected chi connectivity index (χ4v) is 1.22. The Morgan fingerprint density at radius 2 is 1.33 bits per heavy atom. The summed E-state index contributed by atoms with van der Waals surface area (Å²) in [5, 5.41) is 0. The van der Waals surface area contributed by atoms with Crippen molar-refractivity contribution >= 4 is 19.6 Å². The SMILES string of the molecule is Cc1cc(C)c(N)c(C)c1N.O=[PH](O)O. The van der Waals surface area contributed by atoms with Crippen molar-refractivity contribution in [3.63, 3.8) is 0 Å².